The third-order valence-electron chi connectivity index (χ3n) is 9.77. The van der Waals surface area contributed by atoms with E-state index in [-0.39, 0.29) is 11.0 Å². The molecule has 4 amide bonds. The lowest BCUT2D eigenvalue weighted by Gasteiger charge is -2.57. The van der Waals surface area contributed by atoms with Crippen LogP contribution in [0.2, 0.25) is 0 Å². The summed E-state index contributed by atoms with van der Waals surface area (Å²) in [7, 11) is 1.53. The quantitative estimate of drug-likeness (QED) is 0.151. The van der Waals surface area contributed by atoms with Crippen molar-refractivity contribution >= 4 is 68.1 Å². The first-order chi connectivity index (χ1) is 21.2. The van der Waals surface area contributed by atoms with Crippen molar-refractivity contribution in [2.24, 2.45) is 17.8 Å². The molecule has 4 saturated carbocycles. The number of carbonyl (C=O) groups is 3. The number of nitrogens with zero attached hydrogens (tertiary/aromatic N) is 1. The van der Waals surface area contributed by atoms with Crippen LogP contribution in [0.25, 0.3) is 6.08 Å². The summed E-state index contributed by atoms with van der Waals surface area (Å²) in [6.07, 6.45) is 9.27. The number of urea groups is 1. The molecule has 4 bridgehead atoms. The largest absolute Gasteiger partial charge is 0.493 e. The number of halogens is 2. The van der Waals surface area contributed by atoms with E-state index < -0.39 is 17.8 Å². The lowest BCUT2D eigenvalue weighted by molar-refractivity contribution is -0.122. The van der Waals surface area contributed by atoms with Crippen LogP contribution in [-0.2, 0) is 21.6 Å². The van der Waals surface area contributed by atoms with Gasteiger partial charge in [0.25, 0.3) is 11.8 Å². The van der Waals surface area contributed by atoms with Gasteiger partial charge >= 0.3 is 6.03 Å². The van der Waals surface area contributed by atoms with Crippen LogP contribution in [0.15, 0.2) is 70.7 Å². The molecule has 7 nitrogen and oxygen atoms in total. The van der Waals surface area contributed by atoms with E-state index in [9.17, 15) is 14.4 Å². The predicted molar refractivity (Wildman–Crippen MR) is 179 cm³/mol. The summed E-state index contributed by atoms with van der Waals surface area (Å²) in [6.45, 7) is 0.347. The molecule has 0 spiro atoms. The summed E-state index contributed by atoms with van der Waals surface area (Å²) in [5, 5.41) is 2.34. The Balaban J connectivity index is 1.13. The van der Waals surface area contributed by atoms with Crippen LogP contribution in [0.4, 0.5) is 10.5 Å². The van der Waals surface area contributed by atoms with Crippen molar-refractivity contribution in [3.8, 4) is 11.5 Å². The summed E-state index contributed by atoms with van der Waals surface area (Å²) in [4.78, 5) is 40.6. The van der Waals surface area contributed by atoms with E-state index >= 15 is 0 Å². The molecular weight excluding hydrogens is 735 g/mol. The normalized spacial score (nSPS) is 26.7. The highest BCUT2D eigenvalue weighted by molar-refractivity contribution is 14.1. The number of nitrogens with one attached hydrogen (secondary N) is 1. The number of hydrogen-bond donors (Lipinski definition) is 1. The second-order valence-electron chi connectivity index (χ2n) is 12.6. The standard InChI is InChI=1S/C35H32BrIN2O5/c1-43-30-14-24(29(36)15-31(30)44-19-20-2-6-26(37)7-3-20)13-28-32(40)38-34(42)39(33(28)41)27-8-4-25(5-9-27)35-16-21-10-22(17-35)12-23(11-21)18-35/h2-9,13-15,21-23H,10-12,16-19H2,1H3,(H,38,40,42)/b28-13+. The van der Waals surface area contributed by atoms with Gasteiger partial charge in [0, 0.05) is 8.04 Å². The van der Waals surface area contributed by atoms with Gasteiger partial charge < -0.3 is 9.47 Å². The number of barbiturate groups is 1. The Hall–Kier alpha value is -3.18. The van der Waals surface area contributed by atoms with Gasteiger partial charge in [-0.1, -0.05) is 40.2 Å². The molecule has 8 rings (SSSR count). The number of benzene rings is 3. The van der Waals surface area contributed by atoms with Gasteiger partial charge in [0.05, 0.1) is 12.8 Å². The number of amides is 4. The van der Waals surface area contributed by atoms with Gasteiger partial charge in [-0.05, 0) is 143 Å². The van der Waals surface area contributed by atoms with E-state index in [1.807, 2.05) is 36.4 Å². The topological polar surface area (TPSA) is 84.9 Å². The van der Waals surface area contributed by atoms with E-state index in [4.69, 9.17) is 9.47 Å². The number of rotatable bonds is 7. The first-order valence-corrected chi connectivity index (χ1v) is 16.9. The van der Waals surface area contributed by atoms with Crippen LogP contribution in [-0.4, -0.2) is 25.0 Å². The monoisotopic (exact) mass is 766 g/mol. The summed E-state index contributed by atoms with van der Waals surface area (Å²) >= 11 is 5.81. The molecule has 1 saturated heterocycles. The SMILES string of the molecule is COc1cc(/C=C2\C(=O)NC(=O)N(c3ccc(C45CC6CC(CC(C6)C4)C5)cc3)C2=O)c(Br)cc1OCc1ccc(I)cc1. The van der Waals surface area contributed by atoms with Gasteiger partial charge in [-0.15, -0.1) is 0 Å². The van der Waals surface area contributed by atoms with E-state index in [0.717, 1.165) is 31.8 Å². The van der Waals surface area contributed by atoms with Crippen LogP contribution in [0, 0.1) is 21.3 Å². The molecule has 1 heterocycles. The molecule has 226 valence electrons. The maximum Gasteiger partial charge on any atom is 0.335 e. The van der Waals surface area contributed by atoms with Crippen molar-refractivity contribution < 1.29 is 23.9 Å². The molecular formula is C35H32BrIN2O5. The molecule has 3 aromatic carbocycles. The molecule has 0 radical (unpaired) electrons. The highest BCUT2D eigenvalue weighted by atomic mass is 127. The first kappa shape index (κ1) is 29.5. The Morgan fingerprint density at radius 1 is 0.932 bits per heavy atom. The van der Waals surface area contributed by atoms with E-state index in [1.54, 1.807) is 12.1 Å². The number of methoxy groups -OCH3 is 1. The molecule has 1 N–H and O–H groups in total. The molecule has 5 fully saturated rings. The van der Waals surface area contributed by atoms with E-state index in [0.29, 0.717) is 33.8 Å². The zero-order valence-corrected chi connectivity index (χ0v) is 28.0. The van der Waals surface area contributed by atoms with Crippen LogP contribution in [0.3, 0.4) is 0 Å². The van der Waals surface area contributed by atoms with Crippen molar-refractivity contribution in [2.75, 3.05) is 12.0 Å². The predicted octanol–water partition coefficient (Wildman–Crippen LogP) is 7.78. The number of anilines is 1. The van der Waals surface area contributed by atoms with Gasteiger partial charge in [0.1, 0.15) is 12.2 Å². The molecule has 4 aliphatic carbocycles. The Morgan fingerprint density at radius 3 is 2.18 bits per heavy atom. The van der Waals surface area contributed by atoms with Gasteiger partial charge in [-0.25, -0.2) is 9.69 Å². The molecule has 44 heavy (non-hydrogen) atoms. The lowest BCUT2D eigenvalue weighted by Crippen LogP contribution is -2.54. The van der Waals surface area contributed by atoms with Crippen LogP contribution in [0.5, 0.6) is 11.5 Å². The fourth-order valence-corrected chi connectivity index (χ4v) is 8.95. The highest BCUT2D eigenvalue weighted by Gasteiger charge is 2.51. The van der Waals surface area contributed by atoms with Gasteiger partial charge in [-0.2, -0.15) is 0 Å². The minimum Gasteiger partial charge on any atom is -0.493 e. The Kier molecular flexibility index (Phi) is 7.81. The molecule has 5 aliphatic rings. The summed E-state index contributed by atoms with van der Waals surface area (Å²) < 4.78 is 13.3. The maximum absolute atomic E-state index is 13.7. The smallest absolute Gasteiger partial charge is 0.335 e. The lowest BCUT2D eigenvalue weighted by atomic mass is 9.48. The minimum absolute atomic E-state index is 0.148. The summed E-state index contributed by atoms with van der Waals surface area (Å²) in [5.74, 6) is 2.00. The Morgan fingerprint density at radius 2 is 1.57 bits per heavy atom. The molecule has 1 aliphatic heterocycles. The minimum atomic E-state index is -0.754. The fourth-order valence-electron chi connectivity index (χ4n) is 8.15. The third kappa shape index (κ3) is 5.46. The van der Waals surface area contributed by atoms with E-state index in [2.05, 4.69) is 56.0 Å². The van der Waals surface area contributed by atoms with Gasteiger partial charge in [-0.3, -0.25) is 14.9 Å². The fraction of sp³-hybridized carbons (Fsp3) is 0.343. The van der Waals surface area contributed by atoms with Crippen molar-refractivity contribution in [1.29, 1.82) is 0 Å². The maximum atomic E-state index is 13.7. The van der Waals surface area contributed by atoms with Crippen LogP contribution in [0.1, 0.15) is 55.2 Å². The van der Waals surface area contributed by atoms with Crippen LogP contribution < -0.4 is 19.7 Å². The second kappa shape index (κ2) is 11.6. The highest BCUT2D eigenvalue weighted by Crippen LogP contribution is 2.60. The number of carbonyl (C=O) groups excluding carboxylic acids is 3. The molecule has 0 atom stereocenters. The molecule has 0 unspecified atom stereocenters. The average molecular weight is 767 g/mol. The average Bonchev–Trinajstić information content (AvgIpc) is 2.99. The Bertz CT molecular complexity index is 1650. The summed E-state index contributed by atoms with van der Waals surface area (Å²) in [6, 6.07) is 18.6. The number of ether oxygens (including phenoxy) is 2. The van der Waals surface area contributed by atoms with Crippen molar-refractivity contribution in [3.05, 3.63) is 91.0 Å². The van der Waals surface area contributed by atoms with Crippen molar-refractivity contribution in [1.82, 2.24) is 5.32 Å². The van der Waals surface area contributed by atoms with Crippen LogP contribution >= 0.6 is 38.5 Å². The zero-order valence-electron chi connectivity index (χ0n) is 24.3. The number of imide groups is 2. The first-order valence-electron chi connectivity index (χ1n) is 15.0. The number of hydrogen-bond acceptors (Lipinski definition) is 5. The van der Waals surface area contributed by atoms with Gasteiger partial charge in [0.15, 0.2) is 11.5 Å². The van der Waals surface area contributed by atoms with E-state index in [1.165, 1.54) is 57.3 Å². The second-order valence-corrected chi connectivity index (χ2v) is 14.7. The van der Waals surface area contributed by atoms with Crippen molar-refractivity contribution in [3.63, 3.8) is 0 Å². The Labute approximate surface area is 278 Å². The molecule has 9 heteroatoms. The third-order valence-corrected chi connectivity index (χ3v) is 11.2. The summed E-state index contributed by atoms with van der Waals surface area (Å²) in [5.41, 5.74) is 3.35. The molecule has 3 aromatic rings. The molecule has 0 aromatic heterocycles. The van der Waals surface area contributed by atoms with Gasteiger partial charge in [0.2, 0.25) is 0 Å². The zero-order chi connectivity index (χ0) is 30.6. The van der Waals surface area contributed by atoms with Crippen molar-refractivity contribution in [2.45, 2.75) is 50.5 Å².